The van der Waals surface area contributed by atoms with Crippen LogP contribution < -0.4 is 0 Å². The number of likely N-dealkylation sites (tertiary alicyclic amines) is 1. The maximum absolute atomic E-state index is 11.8. The van der Waals surface area contributed by atoms with Gasteiger partial charge < -0.3 is 10.0 Å². The quantitative estimate of drug-likeness (QED) is 0.614. The first-order valence-corrected chi connectivity index (χ1v) is 11.3. The predicted molar refractivity (Wildman–Crippen MR) is 124 cm³/mol. The molecule has 0 spiro atoms. The number of halogens is 1. The highest BCUT2D eigenvalue weighted by Gasteiger charge is 2.39. The second-order valence-electron chi connectivity index (χ2n) is 8.90. The summed E-state index contributed by atoms with van der Waals surface area (Å²) in [6.45, 7) is 3.30. The monoisotopic (exact) mass is 413 g/mol. The van der Waals surface area contributed by atoms with Crippen LogP contribution >= 0.6 is 12.4 Å². The Kier molecular flexibility index (Phi) is 8.17. The van der Waals surface area contributed by atoms with Crippen LogP contribution in [0.1, 0.15) is 68.4 Å². The molecule has 2 fully saturated rings. The van der Waals surface area contributed by atoms with Gasteiger partial charge in [0.15, 0.2) is 0 Å². The largest absolute Gasteiger partial charge is 0.385 e. The summed E-state index contributed by atoms with van der Waals surface area (Å²) in [5, 5.41) is 11.8. The highest BCUT2D eigenvalue weighted by atomic mass is 35.5. The lowest BCUT2D eigenvalue weighted by Crippen LogP contribution is -2.42. The summed E-state index contributed by atoms with van der Waals surface area (Å²) in [5.74, 6) is 1.11. The molecular formula is C26H36ClNO. The van der Waals surface area contributed by atoms with Crippen molar-refractivity contribution >= 4 is 12.4 Å². The van der Waals surface area contributed by atoms with Crippen LogP contribution in [0.15, 0.2) is 60.7 Å². The molecule has 1 heterocycles. The minimum absolute atomic E-state index is 0. The molecule has 2 aromatic carbocycles. The van der Waals surface area contributed by atoms with E-state index in [1.54, 1.807) is 0 Å². The van der Waals surface area contributed by atoms with E-state index in [0.29, 0.717) is 11.8 Å². The van der Waals surface area contributed by atoms with Gasteiger partial charge in [-0.25, -0.2) is 0 Å². The smallest absolute Gasteiger partial charge is 0.0936 e. The van der Waals surface area contributed by atoms with Crippen LogP contribution in [0.25, 0.3) is 0 Å². The minimum Gasteiger partial charge on any atom is -0.385 e. The average Bonchev–Trinajstić information content (AvgIpc) is 2.79. The van der Waals surface area contributed by atoms with Crippen LogP contribution in [-0.4, -0.2) is 29.6 Å². The third-order valence-corrected chi connectivity index (χ3v) is 7.22. The van der Waals surface area contributed by atoms with Crippen LogP contribution in [0.4, 0.5) is 0 Å². The number of hydrogen-bond acceptors (Lipinski definition) is 2. The number of benzene rings is 2. The molecule has 1 atom stereocenters. The molecule has 0 amide bonds. The van der Waals surface area contributed by atoms with E-state index in [9.17, 15) is 5.11 Å². The van der Waals surface area contributed by atoms with E-state index in [-0.39, 0.29) is 12.4 Å². The van der Waals surface area contributed by atoms with Crippen molar-refractivity contribution in [3.05, 3.63) is 71.8 Å². The Morgan fingerprint density at radius 1 is 0.793 bits per heavy atom. The van der Waals surface area contributed by atoms with Crippen molar-refractivity contribution in [2.24, 2.45) is 5.92 Å². The van der Waals surface area contributed by atoms with Crippen LogP contribution in [-0.2, 0) is 5.60 Å². The van der Waals surface area contributed by atoms with E-state index < -0.39 is 5.60 Å². The summed E-state index contributed by atoms with van der Waals surface area (Å²) in [6, 6.07) is 21.5. The molecule has 0 radical (unpaired) electrons. The van der Waals surface area contributed by atoms with Crippen molar-refractivity contribution in [2.75, 3.05) is 19.6 Å². The molecule has 1 saturated heterocycles. The number of piperidine rings is 1. The van der Waals surface area contributed by atoms with Gasteiger partial charge in [0.1, 0.15) is 0 Å². The van der Waals surface area contributed by atoms with E-state index >= 15 is 0 Å². The number of rotatable bonds is 6. The second-order valence-corrected chi connectivity index (χ2v) is 8.90. The third-order valence-electron chi connectivity index (χ3n) is 7.22. The summed E-state index contributed by atoms with van der Waals surface area (Å²) in [4.78, 5) is 2.58. The van der Waals surface area contributed by atoms with Crippen molar-refractivity contribution in [3.8, 4) is 0 Å². The average molecular weight is 414 g/mol. The third kappa shape index (κ3) is 5.42. The lowest BCUT2D eigenvalue weighted by atomic mass is 9.71. The lowest BCUT2D eigenvalue weighted by molar-refractivity contribution is -0.0531. The van der Waals surface area contributed by atoms with Gasteiger partial charge in [-0.3, -0.25) is 0 Å². The Morgan fingerprint density at radius 3 is 2.00 bits per heavy atom. The lowest BCUT2D eigenvalue weighted by Gasteiger charge is -2.41. The fraction of sp³-hybridized carbons (Fsp3) is 0.538. The van der Waals surface area contributed by atoms with Crippen LogP contribution in [0.3, 0.4) is 0 Å². The molecule has 1 aliphatic carbocycles. The van der Waals surface area contributed by atoms with E-state index in [4.69, 9.17) is 0 Å². The van der Waals surface area contributed by atoms with Crippen molar-refractivity contribution < 1.29 is 5.11 Å². The highest BCUT2D eigenvalue weighted by Crippen LogP contribution is 2.42. The number of hydrogen-bond donors (Lipinski definition) is 1. The van der Waals surface area contributed by atoms with E-state index in [1.165, 1.54) is 50.5 Å². The van der Waals surface area contributed by atoms with Crippen molar-refractivity contribution in [1.29, 1.82) is 0 Å². The van der Waals surface area contributed by atoms with Gasteiger partial charge in [-0.1, -0.05) is 79.9 Å². The van der Waals surface area contributed by atoms with E-state index in [0.717, 1.165) is 31.6 Å². The highest BCUT2D eigenvalue weighted by molar-refractivity contribution is 5.85. The normalized spacial score (nSPS) is 21.3. The van der Waals surface area contributed by atoms with Gasteiger partial charge in [0.25, 0.3) is 0 Å². The summed E-state index contributed by atoms with van der Waals surface area (Å²) in [7, 11) is 0. The maximum atomic E-state index is 11.8. The first-order valence-electron chi connectivity index (χ1n) is 11.3. The maximum Gasteiger partial charge on any atom is 0.0936 e. The Bertz CT molecular complexity index is 708. The van der Waals surface area contributed by atoms with Gasteiger partial charge in [-0.15, -0.1) is 12.4 Å². The number of nitrogens with zero attached hydrogens (tertiary/aromatic N) is 1. The van der Waals surface area contributed by atoms with Gasteiger partial charge in [0.05, 0.1) is 5.60 Å². The summed E-state index contributed by atoms with van der Waals surface area (Å²) in [6.07, 6.45) is 9.52. The molecule has 4 rings (SSSR count). The molecule has 0 aromatic heterocycles. The summed E-state index contributed by atoms with van der Waals surface area (Å²) in [5.41, 5.74) is 1.95. The molecule has 1 aliphatic heterocycles. The molecule has 29 heavy (non-hydrogen) atoms. The Balaban J connectivity index is 0.00000240. The molecule has 1 unspecified atom stereocenters. The standard InChI is InChI=1S/C26H35NO.ClH/c28-26(24-12-6-2-7-13-24,25-14-8-3-9-15-25)18-21-27-19-16-23(17-20-27)22-10-4-1-5-11-22;/h1-2,4-7,10-13,23,25,28H,3,8-9,14-21H2;1H. The van der Waals surface area contributed by atoms with Gasteiger partial charge in [0.2, 0.25) is 0 Å². The van der Waals surface area contributed by atoms with Crippen molar-refractivity contribution in [3.63, 3.8) is 0 Å². The predicted octanol–water partition coefficient (Wildman–Crippen LogP) is 6.15. The molecule has 2 aromatic rings. The number of aliphatic hydroxyl groups is 1. The molecule has 2 nitrogen and oxygen atoms in total. The van der Waals surface area contributed by atoms with Crippen LogP contribution in [0, 0.1) is 5.92 Å². The van der Waals surface area contributed by atoms with Crippen molar-refractivity contribution in [2.45, 2.75) is 62.9 Å². The van der Waals surface area contributed by atoms with Crippen LogP contribution in [0.5, 0.6) is 0 Å². The SMILES string of the molecule is Cl.OC(CCN1CCC(c2ccccc2)CC1)(c1ccccc1)C1CCCCC1. The van der Waals surface area contributed by atoms with E-state index in [1.807, 2.05) is 0 Å². The van der Waals surface area contributed by atoms with Gasteiger partial charge in [-0.05, 0) is 68.2 Å². The molecular weight excluding hydrogens is 378 g/mol. The second kappa shape index (κ2) is 10.6. The zero-order chi connectivity index (χ0) is 19.2. The summed E-state index contributed by atoms with van der Waals surface area (Å²) >= 11 is 0. The summed E-state index contributed by atoms with van der Waals surface area (Å²) < 4.78 is 0. The molecule has 1 N–H and O–H groups in total. The fourth-order valence-corrected chi connectivity index (χ4v) is 5.43. The molecule has 3 heteroatoms. The topological polar surface area (TPSA) is 23.5 Å². The van der Waals surface area contributed by atoms with Gasteiger partial charge >= 0.3 is 0 Å². The molecule has 1 saturated carbocycles. The van der Waals surface area contributed by atoms with E-state index in [2.05, 4.69) is 65.6 Å². The first kappa shape index (κ1) is 22.3. The molecule has 2 aliphatic rings. The van der Waals surface area contributed by atoms with Gasteiger partial charge in [0, 0.05) is 6.54 Å². The fourth-order valence-electron chi connectivity index (χ4n) is 5.43. The molecule has 0 bridgehead atoms. The first-order chi connectivity index (χ1) is 13.8. The Hall–Kier alpha value is -1.35. The minimum atomic E-state index is -0.669. The molecule has 158 valence electrons. The Morgan fingerprint density at radius 2 is 1.38 bits per heavy atom. The zero-order valence-electron chi connectivity index (χ0n) is 17.5. The van der Waals surface area contributed by atoms with Crippen LogP contribution in [0.2, 0.25) is 0 Å². The van der Waals surface area contributed by atoms with Gasteiger partial charge in [-0.2, -0.15) is 0 Å². The zero-order valence-corrected chi connectivity index (χ0v) is 18.3. The Labute approximate surface area is 182 Å². The van der Waals surface area contributed by atoms with Crippen molar-refractivity contribution in [1.82, 2.24) is 4.90 Å².